The molecule has 1 atom stereocenters. The van der Waals surface area contributed by atoms with Gasteiger partial charge in [-0.3, -0.25) is 4.68 Å². The molecule has 2 aromatic rings. The smallest absolute Gasteiger partial charge is 0.164 e. The summed E-state index contributed by atoms with van der Waals surface area (Å²) in [4.78, 5) is 5.68. The van der Waals surface area contributed by atoms with E-state index in [1.807, 2.05) is 18.4 Å². The largest absolute Gasteiger partial charge is 0.302 e. The van der Waals surface area contributed by atoms with E-state index in [2.05, 4.69) is 32.9 Å². The minimum absolute atomic E-state index is 0.485. The number of hydrogen-bond donors (Lipinski definition) is 1. The third kappa shape index (κ3) is 2.56. The molecule has 0 aromatic carbocycles. The van der Waals surface area contributed by atoms with Crippen LogP contribution in [0.4, 0.5) is 0 Å². The van der Waals surface area contributed by atoms with Crippen LogP contribution in [0.1, 0.15) is 29.6 Å². The average molecular weight is 248 g/mol. The molecular formula is C12H16N4S. The lowest BCUT2D eigenvalue weighted by molar-refractivity contribution is 0.478. The number of hydrogen-bond acceptors (Lipinski definition) is 4. The quantitative estimate of drug-likeness (QED) is 0.881. The molecule has 90 valence electrons. The summed E-state index contributed by atoms with van der Waals surface area (Å²) in [5, 5.41) is 10.0. The van der Waals surface area contributed by atoms with Crippen molar-refractivity contribution < 1.29 is 0 Å². The monoisotopic (exact) mass is 248 g/mol. The molecule has 0 aliphatic heterocycles. The number of aryl methyl sites for hydroxylation is 1. The number of rotatable bonds is 5. The van der Waals surface area contributed by atoms with Crippen LogP contribution < -0.4 is 5.32 Å². The van der Waals surface area contributed by atoms with Gasteiger partial charge in [-0.15, -0.1) is 11.3 Å². The van der Waals surface area contributed by atoms with Gasteiger partial charge < -0.3 is 5.32 Å². The number of nitrogens with one attached hydrogen (secondary N) is 1. The van der Waals surface area contributed by atoms with Crippen molar-refractivity contribution in [3.8, 4) is 0 Å². The van der Waals surface area contributed by atoms with Crippen LogP contribution in [0.2, 0.25) is 0 Å². The maximum Gasteiger partial charge on any atom is 0.164 e. The zero-order valence-electron chi connectivity index (χ0n) is 9.84. The van der Waals surface area contributed by atoms with Crippen molar-refractivity contribution in [1.29, 1.82) is 0 Å². The molecule has 0 radical (unpaired) electrons. The second-order valence-electron chi connectivity index (χ2n) is 4.55. The van der Waals surface area contributed by atoms with E-state index in [0.29, 0.717) is 6.04 Å². The lowest BCUT2D eigenvalue weighted by Gasteiger charge is -2.15. The highest BCUT2D eigenvalue weighted by molar-refractivity contribution is 7.10. The highest BCUT2D eigenvalue weighted by Gasteiger charge is 2.32. The molecule has 5 heteroatoms. The SMILES string of the molecule is Cn1cnc(CNC(c2cccs2)C2CC2)n1. The molecule has 1 fully saturated rings. The molecule has 1 N–H and O–H groups in total. The van der Waals surface area contributed by atoms with Crippen LogP contribution in [-0.4, -0.2) is 14.8 Å². The van der Waals surface area contributed by atoms with Crippen molar-refractivity contribution in [2.24, 2.45) is 13.0 Å². The van der Waals surface area contributed by atoms with Gasteiger partial charge in [-0.2, -0.15) is 5.10 Å². The fourth-order valence-corrected chi connectivity index (χ4v) is 2.96. The molecule has 0 amide bonds. The van der Waals surface area contributed by atoms with Gasteiger partial charge in [0.15, 0.2) is 5.82 Å². The summed E-state index contributed by atoms with van der Waals surface area (Å²) in [6, 6.07) is 4.82. The topological polar surface area (TPSA) is 42.7 Å². The van der Waals surface area contributed by atoms with Crippen molar-refractivity contribution in [1.82, 2.24) is 20.1 Å². The van der Waals surface area contributed by atoms with Crippen LogP contribution in [0, 0.1) is 5.92 Å². The summed E-state index contributed by atoms with van der Waals surface area (Å²) < 4.78 is 1.74. The van der Waals surface area contributed by atoms with Crippen molar-refractivity contribution in [2.45, 2.75) is 25.4 Å². The predicted molar refractivity (Wildman–Crippen MR) is 67.6 cm³/mol. The van der Waals surface area contributed by atoms with Crippen LogP contribution in [0.5, 0.6) is 0 Å². The van der Waals surface area contributed by atoms with E-state index in [-0.39, 0.29) is 0 Å². The Morgan fingerprint density at radius 1 is 1.59 bits per heavy atom. The molecule has 1 unspecified atom stereocenters. The molecular weight excluding hydrogens is 232 g/mol. The van der Waals surface area contributed by atoms with E-state index >= 15 is 0 Å². The molecule has 0 spiro atoms. The Morgan fingerprint density at radius 3 is 3.06 bits per heavy atom. The molecule has 0 saturated heterocycles. The highest BCUT2D eigenvalue weighted by Crippen LogP contribution is 2.42. The zero-order valence-corrected chi connectivity index (χ0v) is 10.7. The fraction of sp³-hybridized carbons (Fsp3) is 0.500. The summed E-state index contributed by atoms with van der Waals surface area (Å²) in [6.45, 7) is 0.750. The maximum absolute atomic E-state index is 4.29. The molecule has 0 bridgehead atoms. The first kappa shape index (κ1) is 10.9. The number of nitrogens with zero attached hydrogens (tertiary/aromatic N) is 3. The van der Waals surface area contributed by atoms with E-state index in [4.69, 9.17) is 0 Å². The second kappa shape index (κ2) is 4.58. The van der Waals surface area contributed by atoms with E-state index in [1.165, 1.54) is 17.7 Å². The van der Waals surface area contributed by atoms with Crippen LogP contribution in [0.25, 0.3) is 0 Å². The van der Waals surface area contributed by atoms with Crippen LogP contribution in [0.3, 0.4) is 0 Å². The molecule has 1 aliphatic rings. The van der Waals surface area contributed by atoms with Gasteiger partial charge in [-0.05, 0) is 30.2 Å². The first-order valence-corrected chi connectivity index (χ1v) is 6.82. The van der Waals surface area contributed by atoms with Gasteiger partial charge >= 0.3 is 0 Å². The van der Waals surface area contributed by atoms with Crippen molar-refractivity contribution in [2.75, 3.05) is 0 Å². The first-order chi connectivity index (χ1) is 8.33. The summed E-state index contributed by atoms with van der Waals surface area (Å²) in [7, 11) is 1.90. The third-order valence-electron chi connectivity index (χ3n) is 3.07. The molecule has 2 heterocycles. The standard InChI is InChI=1S/C12H16N4S/c1-16-8-14-11(15-16)7-13-12(9-4-5-9)10-3-2-6-17-10/h2-3,6,8-9,12-13H,4-5,7H2,1H3. The Hall–Kier alpha value is -1.20. The Balaban J connectivity index is 1.65. The summed E-state index contributed by atoms with van der Waals surface area (Å²) in [6.07, 6.45) is 4.42. The van der Waals surface area contributed by atoms with Gasteiger partial charge in [-0.25, -0.2) is 4.98 Å². The summed E-state index contributed by atoms with van der Waals surface area (Å²) in [5.74, 6) is 1.67. The van der Waals surface area contributed by atoms with Crippen LogP contribution in [0.15, 0.2) is 23.8 Å². The van der Waals surface area contributed by atoms with Gasteiger partial charge in [0.1, 0.15) is 6.33 Å². The Bertz CT molecular complexity index is 472. The van der Waals surface area contributed by atoms with Gasteiger partial charge in [-0.1, -0.05) is 6.07 Å². The predicted octanol–water partition coefficient (Wildman–Crippen LogP) is 2.12. The number of thiophene rings is 1. The normalized spacial score (nSPS) is 17.2. The van der Waals surface area contributed by atoms with Crippen LogP contribution >= 0.6 is 11.3 Å². The van der Waals surface area contributed by atoms with Gasteiger partial charge in [0.05, 0.1) is 6.54 Å². The molecule has 3 rings (SSSR count). The van der Waals surface area contributed by atoms with E-state index < -0.39 is 0 Å². The lowest BCUT2D eigenvalue weighted by atomic mass is 10.1. The molecule has 1 saturated carbocycles. The van der Waals surface area contributed by atoms with Gasteiger partial charge in [0.25, 0.3) is 0 Å². The molecule has 2 aromatic heterocycles. The lowest BCUT2D eigenvalue weighted by Crippen LogP contribution is -2.22. The number of aromatic nitrogens is 3. The van der Waals surface area contributed by atoms with E-state index in [1.54, 1.807) is 11.0 Å². The third-order valence-corrected chi connectivity index (χ3v) is 4.03. The van der Waals surface area contributed by atoms with Crippen molar-refractivity contribution in [3.63, 3.8) is 0 Å². The Labute approximate surface area is 105 Å². The average Bonchev–Trinajstić information content (AvgIpc) is 2.85. The minimum Gasteiger partial charge on any atom is -0.302 e. The summed E-state index contributed by atoms with van der Waals surface area (Å²) >= 11 is 1.83. The van der Waals surface area contributed by atoms with E-state index in [0.717, 1.165) is 18.3 Å². The maximum atomic E-state index is 4.29. The van der Waals surface area contributed by atoms with Crippen molar-refractivity contribution >= 4 is 11.3 Å². The minimum atomic E-state index is 0.485. The zero-order chi connectivity index (χ0) is 11.7. The van der Waals surface area contributed by atoms with Crippen molar-refractivity contribution in [3.05, 3.63) is 34.5 Å². The second-order valence-corrected chi connectivity index (χ2v) is 5.53. The van der Waals surface area contributed by atoms with Gasteiger partial charge in [0, 0.05) is 18.0 Å². The molecule has 4 nitrogen and oxygen atoms in total. The van der Waals surface area contributed by atoms with E-state index in [9.17, 15) is 0 Å². The fourth-order valence-electron chi connectivity index (χ4n) is 2.06. The first-order valence-electron chi connectivity index (χ1n) is 5.94. The Morgan fingerprint density at radius 2 is 2.47 bits per heavy atom. The molecule has 1 aliphatic carbocycles. The van der Waals surface area contributed by atoms with Crippen LogP contribution in [-0.2, 0) is 13.6 Å². The molecule has 17 heavy (non-hydrogen) atoms. The highest BCUT2D eigenvalue weighted by atomic mass is 32.1. The van der Waals surface area contributed by atoms with Gasteiger partial charge in [0.2, 0.25) is 0 Å². The Kier molecular flexibility index (Phi) is 2.94. The summed E-state index contributed by atoms with van der Waals surface area (Å²) in [5.41, 5.74) is 0.